The van der Waals surface area contributed by atoms with E-state index in [1.807, 2.05) is 7.05 Å². The molecule has 3 aromatic rings. The smallest absolute Gasteiger partial charge is 0.262 e. The van der Waals surface area contributed by atoms with Gasteiger partial charge in [0.2, 0.25) is 0 Å². The lowest BCUT2D eigenvalue weighted by Crippen LogP contribution is -2.21. The van der Waals surface area contributed by atoms with Crippen LogP contribution in [0.1, 0.15) is 6.42 Å². The van der Waals surface area contributed by atoms with Crippen LogP contribution in [0.4, 0.5) is 5.69 Å². The number of nitrogens with zero attached hydrogens (tertiary/aromatic N) is 1. The lowest BCUT2D eigenvalue weighted by Gasteiger charge is -2.17. The van der Waals surface area contributed by atoms with Crippen LogP contribution >= 0.6 is 23.2 Å². The van der Waals surface area contributed by atoms with Gasteiger partial charge in [-0.15, -0.1) is 0 Å². The number of rotatable bonds is 5. The average Bonchev–Trinajstić information content (AvgIpc) is 3.09. The van der Waals surface area contributed by atoms with Gasteiger partial charge in [-0.3, -0.25) is 4.72 Å². The molecule has 0 saturated carbocycles. The molecule has 0 unspecified atom stereocenters. The predicted octanol–water partition coefficient (Wildman–Crippen LogP) is 5.03. The van der Waals surface area contributed by atoms with E-state index in [0.717, 1.165) is 19.5 Å². The van der Waals surface area contributed by atoms with Gasteiger partial charge in [0.15, 0.2) is 0 Å². The fourth-order valence-corrected chi connectivity index (χ4v) is 5.19. The molecule has 0 aliphatic carbocycles. The number of likely N-dealkylation sites (tertiary alicyclic amines) is 1. The molecule has 3 aromatic carbocycles. The van der Waals surface area contributed by atoms with Gasteiger partial charge in [0.05, 0.1) is 15.6 Å². The van der Waals surface area contributed by atoms with E-state index >= 15 is 0 Å². The summed E-state index contributed by atoms with van der Waals surface area (Å²) in [6.07, 6.45) is 0.934. The Bertz CT molecular complexity index is 1170. The fourth-order valence-electron chi connectivity index (χ4n) is 3.51. The summed E-state index contributed by atoms with van der Waals surface area (Å²) in [7, 11) is -1.80. The molecule has 1 aliphatic heterocycles. The highest BCUT2D eigenvalue weighted by Crippen LogP contribution is 2.33. The lowest BCUT2D eigenvalue weighted by molar-refractivity contribution is 0.208. The molecule has 1 fully saturated rings. The average molecular weight is 451 g/mol. The Kier molecular flexibility index (Phi) is 5.62. The third-order valence-electron chi connectivity index (χ3n) is 4.94. The number of ether oxygens (including phenoxy) is 1. The number of likely N-dealkylation sites (N-methyl/N-ethyl adjacent to an activating group) is 1. The normalized spacial score (nSPS) is 17.6. The van der Waals surface area contributed by atoms with Crippen LogP contribution in [0.25, 0.3) is 10.8 Å². The van der Waals surface area contributed by atoms with E-state index in [1.54, 1.807) is 54.6 Å². The molecule has 8 heteroatoms. The number of nitrogens with one attached hydrogen (secondary N) is 1. The highest BCUT2D eigenvalue weighted by atomic mass is 35.5. The Balaban J connectivity index is 1.64. The molecule has 1 atom stereocenters. The zero-order chi connectivity index (χ0) is 20.6. The Hall–Kier alpha value is -1.99. The van der Waals surface area contributed by atoms with Crippen molar-refractivity contribution in [2.24, 2.45) is 0 Å². The number of anilines is 1. The summed E-state index contributed by atoms with van der Waals surface area (Å²) in [5, 5.41) is 2.19. The quantitative estimate of drug-likeness (QED) is 0.591. The van der Waals surface area contributed by atoms with Crippen molar-refractivity contribution < 1.29 is 13.2 Å². The summed E-state index contributed by atoms with van der Waals surface area (Å²) in [5.41, 5.74) is 0.384. The summed E-state index contributed by atoms with van der Waals surface area (Å²) in [6.45, 7) is 1.77. The highest BCUT2D eigenvalue weighted by molar-refractivity contribution is 7.93. The molecule has 1 N–H and O–H groups in total. The highest BCUT2D eigenvalue weighted by Gasteiger charge is 2.23. The van der Waals surface area contributed by atoms with Gasteiger partial charge in [-0.05, 0) is 37.7 Å². The molecular weight excluding hydrogens is 431 g/mol. The van der Waals surface area contributed by atoms with Gasteiger partial charge in [0, 0.05) is 35.0 Å². The number of fused-ring (bicyclic) bond motifs is 1. The number of halogens is 2. The maximum absolute atomic E-state index is 13.1. The van der Waals surface area contributed by atoms with Crippen molar-refractivity contribution in [1.29, 1.82) is 0 Å². The van der Waals surface area contributed by atoms with E-state index in [2.05, 4.69) is 9.62 Å². The molecule has 0 bridgehead atoms. The number of hydrogen-bond donors (Lipinski definition) is 1. The van der Waals surface area contributed by atoms with Crippen molar-refractivity contribution in [2.45, 2.75) is 17.4 Å². The minimum Gasteiger partial charge on any atom is -0.487 e. The molecule has 4 rings (SSSR count). The summed E-state index contributed by atoms with van der Waals surface area (Å²) in [6, 6.07) is 15.1. The van der Waals surface area contributed by atoms with Crippen molar-refractivity contribution in [3.63, 3.8) is 0 Å². The van der Waals surface area contributed by atoms with E-state index < -0.39 is 10.0 Å². The van der Waals surface area contributed by atoms with Gasteiger partial charge in [-0.25, -0.2) is 8.42 Å². The van der Waals surface area contributed by atoms with Crippen LogP contribution in [0, 0.1) is 0 Å². The van der Waals surface area contributed by atoms with Gasteiger partial charge < -0.3 is 9.64 Å². The monoisotopic (exact) mass is 450 g/mol. The van der Waals surface area contributed by atoms with Gasteiger partial charge in [-0.2, -0.15) is 0 Å². The van der Waals surface area contributed by atoms with Crippen molar-refractivity contribution in [1.82, 2.24) is 4.90 Å². The molecule has 29 heavy (non-hydrogen) atoms. The summed E-state index contributed by atoms with van der Waals surface area (Å²) < 4.78 is 34.8. The summed E-state index contributed by atoms with van der Waals surface area (Å²) >= 11 is 12.5. The van der Waals surface area contributed by atoms with E-state index in [4.69, 9.17) is 27.9 Å². The second kappa shape index (κ2) is 8.03. The molecule has 152 valence electrons. The van der Waals surface area contributed by atoms with E-state index in [1.165, 1.54) is 0 Å². The topological polar surface area (TPSA) is 58.6 Å². The zero-order valence-electron chi connectivity index (χ0n) is 15.7. The molecule has 1 heterocycles. The van der Waals surface area contributed by atoms with E-state index in [9.17, 15) is 8.42 Å². The Morgan fingerprint density at radius 1 is 1.03 bits per heavy atom. The van der Waals surface area contributed by atoms with Crippen LogP contribution in [0.15, 0.2) is 59.5 Å². The van der Waals surface area contributed by atoms with Crippen molar-refractivity contribution >= 4 is 49.7 Å². The number of hydrogen-bond acceptors (Lipinski definition) is 4. The first kappa shape index (κ1) is 20.3. The fraction of sp³-hybridized carbons (Fsp3) is 0.238. The summed E-state index contributed by atoms with van der Waals surface area (Å²) in [4.78, 5) is 2.34. The minimum atomic E-state index is -3.84. The number of benzene rings is 3. The zero-order valence-corrected chi connectivity index (χ0v) is 18.1. The largest absolute Gasteiger partial charge is 0.487 e. The molecule has 0 amide bonds. The van der Waals surface area contributed by atoms with Crippen LogP contribution in [0.3, 0.4) is 0 Å². The Labute approximate surface area is 180 Å². The molecule has 5 nitrogen and oxygen atoms in total. The first-order valence-corrected chi connectivity index (χ1v) is 11.4. The Morgan fingerprint density at radius 3 is 2.55 bits per heavy atom. The van der Waals surface area contributed by atoms with Crippen molar-refractivity contribution in [2.75, 3.05) is 24.9 Å². The van der Waals surface area contributed by atoms with Crippen LogP contribution in [0.2, 0.25) is 10.0 Å². The van der Waals surface area contributed by atoms with E-state index in [0.29, 0.717) is 32.3 Å². The van der Waals surface area contributed by atoms with Gasteiger partial charge in [0.1, 0.15) is 11.9 Å². The minimum absolute atomic E-state index is 0.0320. The SMILES string of the molecule is CN1CC[C@@H](Oc2cc(NS(=O)(=O)c3cccc4c(Cl)cccc34)ccc2Cl)C1. The maximum atomic E-state index is 13.1. The van der Waals surface area contributed by atoms with Crippen LogP contribution in [-0.2, 0) is 10.0 Å². The third kappa shape index (κ3) is 4.31. The van der Waals surface area contributed by atoms with Crippen molar-refractivity contribution in [3.8, 4) is 5.75 Å². The molecule has 1 aliphatic rings. The van der Waals surface area contributed by atoms with E-state index in [-0.39, 0.29) is 11.0 Å². The first-order chi connectivity index (χ1) is 13.8. The van der Waals surface area contributed by atoms with Gasteiger partial charge >= 0.3 is 0 Å². The predicted molar refractivity (Wildman–Crippen MR) is 118 cm³/mol. The molecule has 1 saturated heterocycles. The number of sulfonamides is 1. The molecular formula is C21H20Cl2N2O3S. The molecule has 0 radical (unpaired) electrons. The molecule has 0 aromatic heterocycles. The van der Waals surface area contributed by atoms with Crippen LogP contribution in [-0.4, -0.2) is 39.6 Å². The van der Waals surface area contributed by atoms with Gasteiger partial charge in [-0.1, -0.05) is 47.5 Å². The van der Waals surface area contributed by atoms with Gasteiger partial charge in [0.25, 0.3) is 10.0 Å². The second-order valence-electron chi connectivity index (χ2n) is 7.13. The van der Waals surface area contributed by atoms with Crippen molar-refractivity contribution in [3.05, 3.63) is 64.6 Å². The second-order valence-corrected chi connectivity index (χ2v) is 9.60. The Morgan fingerprint density at radius 2 is 1.79 bits per heavy atom. The lowest BCUT2D eigenvalue weighted by atomic mass is 10.1. The first-order valence-electron chi connectivity index (χ1n) is 9.18. The maximum Gasteiger partial charge on any atom is 0.262 e. The van der Waals surface area contributed by atoms with Crippen LogP contribution in [0.5, 0.6) is 5.75 Å². The standard InChI is InChI=1S/C21H20Cl2N2O3S/c1-25-11-10-15(13-25)28-20-12-14(8-9-19(20)23)24-29(26,27)21-7-3-4-16-17(21)5-2-6-18(16)22/h2-9,12,15,24H,10-11,13H2,1H3/t15-/m1/s1. The van der Waals surface area contributed by atoms with Crippen LogP contribution < -0.4 is 9.46 Å². The molecule has 0 spiro atoms. The third-order valence-corrected chi connectivity index (χ3v) is 7.02. The summed E-state index contributed by atoms with van der Waals surface area (Å²) in [5.74, 6) is 0.466.